The van der Waals surface area contributed by atoms with Gasteiger partial charge in [-0.15, -0.1) is 22.0 Å². The lowest BCUT2D eigenvalue weighted by Gasteiger charge is -2.08. The molecule has 0 aliphatic heterocycles. The fraction of sp³-hybridized carbons (Fsp3) is 0.118. The molecule has 2 aromatic carbocycles. The highest BCUT2D eigenvalue weighted by Crippen LogP contribution is 2.28. The Labute approximate surface area is 153 Å². The Kier molecular flexibility index (Phi) is 5.90. The monoisotopic (exact) mass is 373 g/mol. The van der Waals surface area contributed by atoms with Crippen LogP contribution in [0.3, 0.4) is 0 Å². The van der Waals surface area contributed by atoms with Crippen molar-refractivity contribution in [3.8, 4) is 0 Å². The number of hydrogen-bond donors (Lipinski definition) is 1. The number of rotatable bonds is 6. The molecule has 0 spiro atoms. The lowest BCUT2D eigenvalue weighted by molar-refractivity contribution is 0.102. The standard InChI is InChI=1S/C17H15N3OS3/c1-22-17-20-19-16(24-17)18-15(21)13-9-5-6-10-14(13)23-11-12-7-3-2-4-8-12/h2-10H,11H2,1H3,(H,18,19,21). The topological polar surface area (TPSA) is 54.9 Å². The van der Waals surface area contributed by atoms with Gasteiger partial charge in [0.15, 0.2) is 4.34 Å². The van der Waals surface area contributed by atoms with Crippen molar-refractivity contribution in [2.45, 2.75) is 15.0 Å². The van der Waals surface area contributed by atoms with Gasteiger partial charge in [-0.05, 0) is 24.0 Å². The third kappa shape index (κ3) is 4.37. The van der Waals surface area contributed by atoms with E-state index in [2.05, 4.69) is 27.6 Å². The number of thioether (sulfide) groups is 2. The predicted octanol–water partition coefficient (Wildman–Crippen LogP) is 4.80. The molecule has 1 heterocycles. The number of aromatic nitrogens is 2. The summed E-state index contributed by atoms with van der Waals surface area (Å²) < 4.78 is 0.831. The van der Waals surface area contributed by atoms with E-state index in [4.69, 9.17) is 0 Å². The van der Waals surface area contributed by atoms with Crippen LogP contribution in [0.4, 0.5) is 5.13 Å². The third-order valence-corrected chi connectivity index (χ3v) is 6.13. The van der Waals surface area contributed by atoms with Crippen molar-refractivity contribution in [3.63, 3.8) is 0 Å². The molecule has 0 saturated carbocycles. The molecular weight excluding hydrogens is 358 g/mol. The van der Waals surface area contributed by atoms with E-state index in [1.165, 1.54) is 28.7 Å². The van der Waals surface area contributed by atoms with Gasteiger partial charge in [0.05, 0.1) is 5.56 Å². The highest BCUT2D eigenvalue weighted by atomic mass is 32.2. The van der Waals surface area contributed by atoms with E-state index < -0.39 is 0 Å². The van der Waals surface area contributed by atoms with E-state index in [0.717, 1.165) is 15.0 Å². The summed E-state index contributed by atoms with van der Waals surface area (Å²) in [5.74, 6) is 0.663. The maximum atomic E-state index is 12.6. The average molecular weight is 374 g/mol. The summed E-state index contributed by atoms with van der Waals surface area (Å²) in [6.07, 6.45) is 1.93. The summed E-state index contributed by atoms with van der Waals surface area (Å²) >= 11 is 4.54. The van der Waals surface area contributed by atoms with E-state index in [1.807, 2.05) is 48.7 Å². The predicted molar refractivity (Wildman–Crippen MR) is 102 cm³/mol. The highest BCUT2D eigenvalue weighted by Gasteiger charge is 2.14. The molecule has 1 N–H and O–H groups in total. The molecule has 0 aliphatic carbocycles. The van der Waals surface area contributed by atoms with Crippen molar-refractivity contribution in [2.75, 3.05) is 11.6 Å². The molecule has 0 unspecified atom stereocenters. The van der Waals surface area contributed by atoms with Crippen molar-refractivity contribution in [1.29, 1.82) is 0 Å². The molecule has 4 nitrogen and oxygen atoms in total. The van der Waals surface area contributed by atoms with Crippen LogP contribution >= 0.6 is 34.9 Å². The molecule has 0 aliphatic rings. The lowest BCUT2D eigenvalue weighted by atomic mass is 10.2. The zero-order chi connectivity index (χ0) is 16.8. The van der Waals surface area contributed by atoms with Gasteiger partial charge in [0, 0.05) is 10.6 Å². The van der Waals surface area contributed by atoms with Crippen LogP contribution in [0.25, 0.3) is 0 Å². The Morgan fingerprint density at radius 3 is 2.58 bits per heavy atom. The van der Waals surface area contributed by atoms with Crippen molar-refractivity contribution >= 4 is 45.9 Å². The molecule has 0 radical (unpaired) electrons. The molecule has 0 saturated heterocycles. The Bertz CT molecular complexity index is 821. The average Bonchev–Trinajstić information content (AvgIpc) is 3.08. The smallest absolute Gasteiger partial charge is 0.258 e. The first-order valence-electron chi connectivity index (χ1n) is 7.21. The van der Waals surface area contributed by atoms with Gasteiger partial charge in [-0.2, -0.15) is 0 Å². The van der Waals surface area contributed by atoms with Crippen LogP contribution in [0.5, 0.6) is 0 Å². The Morgan fingerprint density at radius 2 is 1.83 bits per heavy atom. The van der Waals surface area contributed by atoms with Gasteiger partial charge in [-0.25, -0.2) is 0 Å². The molecule has 0 fully saturated rings. The largest absolute Gasteiger partial charge is 0.296 e. The number of anilines is 1. The fourth-order valence-electron chi connectivity index (χ4n) is 2.02. The van der Waals surface area contributed by atoms with Crippen molar-refractivity contribution < 1.29 is 4.79 Å². The fourth-order valence-corrected chi connectivity index (χ4v) is 4.19. The zero-order valence-electron chi connectivity index (χ0n) is 12.9. The maximum absolute atomic E-state index is 12.6. The molecule has 3 rings (SSSR count). The van der Waals surface area contributed by atoms with Crippen LogP contribution < -0.4 is 5.32 Å². The summed E-state index contributed by atoms with van der Waals surface area (Å²) in [7, 11) is 0. The van der Waals surface area contributed by atoms with E-state index >= 15 is 0 Å². The molecular formula is C17H15N3OS3. The first kappa shape index (κ1) is 17.0. The molecule has 0 bridgehead atoms. The van der Waals surface area contributed by atoms with E-state index in [9.17, 15) is 4.79 Å². The minimum atomic E-state index is -0.157. The van der Waals surface area contributed by atoms with Gasteiger partial charge < -0.3 is 0 Å². The number of benzene rings is 2. The third-order valence-electron chi connectivity index (χ3n) is 3.17. The molecule has 1 aromatic heterocycles. The second-order valence-electron chi connectivity index (χ2n) is 4.80. The minimum Gasteiger partial charge on any atom is -0.296 e. The van der Waals surface area contributed by atoms with Gasteiger partial charge in [-0.1, -0.05) is 65.6 Å². The number of carbonyl (C=O) groups is 1. The van der Waals surface area contributed by atoms with Crippen molar-refractivity contribution in [2.24, 2.45) is 0 Å². The summed E-state index contributed by atoms with van der Waals surface area (Å²) in [5.41, 5.74) is 1.88. The second kappa shape index (κ2) is 8.32. The summed E-state index contributed by atoms with van der Waals surface area (Å²) in [5, 5.41) is 11.3. The van der Waals surface area contributed by atoms with Crippen molar-refractivity contribution in [3.05, 3.63) is 65.7 Å². The quantitative estimate of drug-likeness (QED) is 0.497. The van der Waals surface area contributed by atoms with Gasteiger partial charge in [-0.3, -0.25) is 10.1 Å². The number of carbonyl (C=O) groups excluding carboxylic acids is 1. The van der Waals surface area contributed by atoms with E-state index in [1.54, 1.807) is 11.8 Å². The number of nitrogens with zero attached hydrogens (tertiary/aromatic N) is 2. The number of amides is 1. The van der Waals surface area contributed by atoms with Crippen LogP contribution in [-0.2, 0) is 5.75 Å². The van der Waals surface area contributed by atoms with Crippen LogP contribution in [0, 0.1) is 0 Å². The van der Waals surface area contributed by atoms with Gasteiger partial charge in [0.25, 0.3) is 5.91 Å². The molecule has 3 aromatic rings. The molecule has 122 valence electrons. The normalized spacial score (nSPS) is 10.5. The van der Waals surface area contributed by atoms with Gasteiger partial charge in [0.2, 0.25) is 5.13 Å². The summed E-state index contributed by atoms with van der Waals surface area (Å²) in [4.78, 5) is 13.5. The Morgan fingerprint density at radius 1 is 1.08 bits per heavy atom. The van der Waals surface area contributed by atoms with E-state index in [-0.39, 0.29) is 5.91 Å². The number of hydrogen-bond acceptors (Lipinski definition) is 6. The Hall–Kier alpha value is -1.83. The molecule has 7 heteroatoms. The minimum absolute atomic E-state index is 0.157. The molecule has 24 heavy (non-hydrogen) atoms. The highest BCUT2D eigenvalue weighted by molar-refractivity contribution is 8.00. The summed E-state index contributed by atoms with van der Waals surface area (Å²) in [6.45, 7) is 0. The van der Waals surface area contributed by atoms with Crippen LogP contribution in [0.1, 0.15) is 15.9 Å². The first-order valence-corrected chi connectivity index (χ1v) is 10.2. The zero-order valence-corrected chi connectivity index (χ0v) is 15.4. The second-order valence-corrected chi connectivity index (χ2v) is 7.85. The van der Waals surface area contributed by atoms with E-state index in [0.29, 0.717) is 10.7 Å². The van der Waals surface area contributed by atoms with Crippen molar-refractivity contribution in [1.82, 2.24) is 10.2 Å². The van der Waals surface area contributed by atoms with Crippen LogP contribution in [0.15, 0.2) is 63.8 Å². The first-order chi connectivity index (χ1) is 11.8. The van der Waals surface area contributed by atoms with Crippen LogP contribution in [0.2, 0.25) is 0 Å². The Balaban J connectivity index is 1.72. The lowest BCUT2D eigenvalue weighted by Crippen LogP contribution is -2.12. The number of nitrogens with one attached hydrogen (secondary N) is 1. The molecule has 1 amide bonds. The maximum Gasteiger partial charge on any atom is 0.258 e. The molecule has 0 atom stereocenters. The van der Waals surface area contributed by atoms with Crippen LogP contribution in [-0.4, -0.2) is 22.4 Å². The van der Waals surface area contributed by atoms with Gasteiger partial charge >= 0.3 is 0 Å². The summed E-state index contributed by atoms with van der Waals surface area (Å²) in [6, 6.07) is 17.8. The van der Waals surface area contributed by atoms with Gasteiger partial charge in [0.1, 0.15) is 0 Å². The SMILES string of the molecule is CSc1nnc(NC(=O)c2ccccc2SCc2ccccc2)s1.